The third-order valence-corrected chi connectivity index (χ3v) is 6.82. The zero-order chi connectivity index (χ0) is 30.0. The maximum Gasteiger partial charge on any atom is 0.475 e. The van der Waals surface area contributed by atoms with Crippen LogP contribution in [0.3, 0.4) is 0 Å². The Morgan fingerprint density at radius 1 is 0.976 bits per heavy atom. The fourth-order valence-electron chi connectivity index (χ4n) is 3.33. The number of carbonyl (C=O) groups is 1. The number of phosphoric ester groups is 1. The highest BCUT2D eigenvalue weighted by molar-refractivity contribution is 7.48. The number of ether oxygens (including phenoxy) is 1. The summed E-state index contributed by atoms with van der Waals surface area (Å²) in [5.74, 6) is -1.13. The summed E-state index contributed by atoms with van der Waals surface area (Å²) < 4.78 is 36.7. The van der Waals surface area contributed by atoms with E-state index in [1.54, 1.807) is 45.0 Å². The molecule has 1 amide bonds. The molecular weight excluding hydrogens is 559 g/mol. The van der Waals surface area contributed by atoms with Gasteiger partial charge in [-0.1, -0.05) is 60.7 Å². The number of benzene rings is 2. The summed E-state index contributed by atoms with van der Waals surface area (Å²) in [6, 6.07) is 18.1. The second kappa shape index (κ2) is 14.7. The summed E-state index contributed by atoms with van der Waals surface area (Å²) in [5.41, 5.74) is 6.25. The number of nitrogens with two attached hydrogens (primary N) is 1. The molecule has 1 aromatic heterocycles. The molecule has 4 atom stereocenters. The van der Waals surface area contributed by atoms with Crippen molar-refractivity contribution in [3.8, 4) is 0 Å². The van der Waals surface area contributed by atoms with E-state index in [0.717, 1.165) is 22.1 Å². The minimum atomic E-state index is -4.12. The van der Waals surface area contributed by atoms with Gasteiger partial charge in [-0.05, 0) is 31.9 Å². The Kier molecular flexibility index (Phi) is 11.7. The lowest BCUT2D eigenvalue weighted by Crippen LogP contribution is -2.33. The summed E-state index contributed by atoms with van der Waals surface area (Å²) in [6.07, 6.45) is -3.99. The van der Waals surface area contributed by atoms with Crippen molar-refractivity contribution in [3.05, 3.63) is 83.9 Å². The third kappa shape index (κ3) is 10.1. The van der Waals surface area contributed by atoms with Crippen molar-refractivity contribution in [3.63, 3.8) is 0 Å². The number of aliphatic hydroxyl groups is 2. The number of aliphatic hydroxyl groups excluding tert-OH is 2. The molecule has 1 saturated heterocycles. The van der Waals surface area contributed by atoms with Crippen molar-refractivity contribution >= 4 is 13.7 Å². The smallest absolute Gasteiger partial charge is 0.387 e. The highest BCUT2D eigenvalue weighted by Crippen LogP contribution is 2.51. The summed E-state index contributed by atoms with van der Waals surface area (Å²) >= 11 is 0. The minimum absolute atomic E-state index is 0.0406. The Hall–Kier alpha value is -3.04. The number of aromatic nitrogens is 3. The molecule has 0 radical (unpaired) electrons. The molecular formula is C26H35N4O10P. The normalized spacial score (nSPS) is 20.8. The lowest BCUT2D eigenvalue weighted by Gasteiger charge is -2.21. The molecule has 1 aliphatic rings. The number of rotatable bonds is 11. The van der Waals surface area contributed by atoms with Crippen LogP contribution in [0.25, 0.3) is 0 Å². The van der Waals surface area contributed by atoms with Gasteiger partial charge >= 0.3 is 7.82 Å². The average Bonchev–Trinajstić information content (AvgIpc) is 3.56. The van der Waals surface area contributed by atoms with Gasteiger partial charge in [-0.15, -0.1) is 5.10 Å². The van der Waals surface area contributed by atoms with Gasteiger partial charge in [0.1, 0.15) is 24.6 Å². The molecule has 1 unspecified atom stereocenters. The lowest BCUT2D eigenvalue weighted by molar-refractivity contribution is -0.306. The van der Waals surface area contributed by atoms with Crippen LogP contribution in [0.1, 0.15) is 48.7 Å². The SMILES string of the molecule is CC(C)(C)OO.NC(=O)c1ncn([C@@H]2O[C@H](COP(=O)(OCc3ccccc3)OCc3ccccc3)C(O)[C@H]2O)n1. The van der Waals surface area contributed by atoms with Gasteiger partial charge in [0.2, 0.25) is 5.82 Å². The molecule has 0 saturated carbocycles. The van der Waals surface area contributed by atoms with Gasteiger partial charge in [-0.25, -0.2) is 19.1 Å². The van der Waals surface area contributed by atoms with Crippen molar-refractivity contribution < 1.29 is 48.0 Å². The monoisotopic (exact) mass is 594 g/mol. The zero-order valence-electron chi connectivity index (χ0n) is 22.8. The van der Waals surface area contributed by atoms with Crippen molar-refractivity contribution in [1.29, 1.82) is 0 Å². The van der Waals surface area contributed by atoms with Crippen LogP contribution in [0.4, 0.5) is 0 Å². The van der Waals surface area contributed by atoms with E-state index in [-0.39, 0.29) is 19.0 Å². The number of nitrogens with zero attached hydrogens (tertiary/aromatic N) is 3. The first kappa shape index (κ1) is 32.5. The molecule has 1 fully saturated rings. The van der Waals surface area contributed by atoms with Crippen LogP contribution in [-0.4, -0.2) is 66.7 Å². The molecule has 2 aromatic carbocycles. The highest BCUT2D eigenvalue weighted by atomic mass is 31.2. The first-order chi connectivity index (χ1) is 19.4. The molecule has 2 heterocycles. The molecule has 0 aliphatic carbocycles. The standard InChI is InChI=1S/C22H25N4O8P.C4H10O2/c23-20(29)21-24-14-26(25-21)22-19(28)18(27)17(34-22)13-33-35(30,31-11-15-7-3-1-4-8-15)32-12-16-9-5-2-6-10-16;1-4(2,3)6-5/h1-10,14,17-19,22,27-28H,11-13H2,(H2,23,29);5H,1-3H3/t17-,18?,19-,22-;/m1./s1. The number of carbonyl (C=O) groups excluding carboxylic acids is 1. The van der Waals surface area contributed by atoms with Crippen LogP contribution in [-0.2, 0) is 41.0 Å². The first-order valence-electron chi connectivity index (χ1n) is 12.6. The van der Waals surface area contributed by atoms with Crippen LogP contribution >= 0.6 is 7.82 Å². The van der Waals surface area contributed by atoms with Gasteiger partial charge in [0, 0.05) is 0 Å². The Balaban J connectivity index is 0.000000696. The van der Waals surface area contributed by atoms with Crippen LogP contribution in [0.15, 0.2) is 67.0 Å². The summed E-state index contributed by atoms with van der Waals surface area (Å²) in [6.45, 7) is 4.81. The highest BCUT2D eigenvalue weighted by Gasteiger charge is 2.45. The summed E-state index contributed by atoms with van der Waals surface area (Å²) in [4.78, 5) is 18.9. The van der Waals surface area contributed by atoms with E-state index < -0.39 is 50.5 Å². The van der Waals surface area contributed by atoms with Crippen LogP contribution < -0.4 is 5.73 Å². The van der Waals surface area contributed by atoms with Gasteiger partial charge < -0.3 is 20.7 Å². The van der Waals surface area contributed by atoms with E-state index in [9.17, 15) is 19.6 Å². The number of phosphoric acid groups is 1. The quantitative estimate of drug-likeness (QED) is 0.144. The van der Waals surface area contributed by atoms with E-state index in [0.29, 0.717) is 0 Å². The summed E-state index contributed by atoms with van der Waals surface area (Å²) in [7, 11) is -4.12. The van der Waals surface area contributed by atoms with Gasteiger partial charge in [-0.3, -0.25) is 23.6 Å². The Morgan fingerprint density at radius 2 is 1.49 bits per heavy atom. The number of hydrogen-bond acceptors (Lipinski definition) is 12. The van der Waals surface area contributed by atoms with Gasteiger partial charge in [0.25, 0.3) is 5.91 Å². The van der Waals surface area contributed by atoms with E-state index in [1.165, 1.54) is 0 Å². The van der Waals surface area contributed by atoms with Crippen molar-refractivity contribution in [2.45, 2.75) is 64.1 Å². The fourth-order valence-corrected chi connectivity index (χ4v) is 4.50. The van der Waals surface area contributed by atoms with Gasteiger partial charge in [0.05, 0.1) is 25.4 Å². The second-order valence-corrected chi connectivity index (χ2v) is 11.6. The lowest BCUT2D eigenvalue weighted by atomic mass is 10.1. The number of primary amides is 1. The van der Waals surface area contributed by atoms with Crippen molar-refractivity contribution in [2.24, 2.45) is 5.73 Å². The topological polar surface area (TPSA) is 198 Å². The molecule has 3 aromatic rings. The van der Waals surface area contributed by atoms with Crippen molar-refractivity contribution in [2.75, 3.05) is 6.61 Å². The molecule has 15 heteroatoms. The number of amides is 1. The molecule has 1 aliphatic heterocycles. The molecule has 5 N–H and O–H groups in total. The van der Waals surface area contributed by atoms with Gasteiger partial charge in [0.15, 0.2) is 6.23 Å². The first-order valence-corrected chi connectivity index (χ1v) is 14.0. The second-order valence-electron chi connectivity index (χ2n) is 9.92. The Morgan fingerprint density at radius 3 is 1.93 bits per heavy atom. The largest absolute Gasteiger partial charge is 0.475 e. The molecule has 41 heavy (non-hydrogen) atoms. The van der Waals surface area contributed by atoms with Gasteiger partial charge in [-0.2, -0.15) is 0 Å². The molecule has 14 nitrogen and oxygen atoms in total. The maximum absolute atomic E-state index is 13.4. The third-order valence-electron chi connectivity index (χ3n) is 5.46. The maximum atomic E-state index is 13.4. The van der Waals surface area contributed by atoms with E-state index in [2.05, 4.69) is 15.0 Å². The van der Waals surface area contributed by atoms with E-state index >= 15 is 0 Å². The number of hydrogen-bond donors (Lipinski definition) is 4. The Labute approximate surface area is 237 Å². The fraction of sp³-hybridized carbons (Fsp3) is 0.423. The van der Waals surface area contributed by atoms with Crippen LogP contribution in [0.2, 0.25) is 0 Å². The van der Waals surface area contributed by atoms with Crippen molar-refractivity contribution in [1.82, 2.24) is 14.8 Å². The molecule has 0 bridgehead atoms. The molecule has 0 spiro atoms. The van der Waals surface area contributed by atoms with E-state index in [4.69, 9.17) is 29.3 Å². The minimum Gasteiger partial charge on any atom is -0.387 e. The molecule has 4 rings (SSSR count). The van der Waals surface area contributed by atoms with Crippen LogP contribution in [0, 0.1) is 0 Å². The summed E-state index contributed by atoms with van der Waals surface area (Å²) in [5, 5.41) is 32.6. The predicted octanol–water partition coefficient (Wildman–Crippen LogP) is 2.83. The van der Waals surface area contributed by atoms with E-state index in [1.807, 2.05) is 36.4 Å². The predicted molar refractivity (Wildman–Crippen MR) is 144 cm³/mol. The average molecular weight is 595 g/mol. The zero-order valence-corrected chi connectivity index (χ0v) is 23.7. The molecule has 224 valence electrons. The Bertz CT molecular complexity index is 1220. The van der Waals surface area contributed by atoms with Crippen LogP contribution in [0.5, 0.6) is 0 Å².